The molecule has 1 amide bonds. The Morgan fingerprint density at radius 1 is 1.21 bits per heavy atom. The van der Waals surface area contributed by atoms with E-state index in [2.05, 4.69) is 5.32 Å². The van der Waals surface area contributed by atoms with E-state index in [1.54, 1.807) is 24.3 Å². The number of ether oxygens (including phenoxy) is 1. The molecule has 0 aliphatic rings. The maximum Gasteiger partial charge on any atom is 0.244 e. The Bertz CT molecular complexity index is 727. The Labute approximate surface area is 152 Å². The average Bonchev–Trinajstić information content (AvgIpc) is 2.55. The van der Waals surface area contributed by atoms with Crippen LogP contribution in [0.5, 0.6) is 5.75 Å². The maximum absolute atomic E-state index is 12.1. The average molecular weight is 364 g/mol. The number of benzene rings is 2. The van der Waals surface area contributed by atoms with Crippen molar-refractivity contribution in [2.75, 3.05) is 6.61 Å². The lowest BCUT2D eigenvalue weighted by Gasteiger charge is -2.13. The minimum atomic E-state index is -0.192. The summed E-state index contributed by atoms with van der Waals surface area (Å²) >= 11 is 11.9. The first-order valence-corrected chi connectivity index (χ1v) is 8.41. The van der Waals surface area contributed by atoms with Crippen LogP contribution in [0.3, 0.4) is 0 Å². The number of hydrogen-bond acceptors (Lipinski definition) is 2. The van der Waals surface area contributed by atoms with Crippen LogP contribution in [0.4, 0.5) is 0 Å². The van der Waals surface area contributed by atoms with Gasteiger partial charge in [0.2, 0.25) is 5.91 Å². The summed E-state index contributed by atoms with van der Waals surface area (Å²) in [5.74, 6) is 0.624. The van der Waals surface area contributed by atoms with E-state index in [1.807, 2.05) is 38.1 Å². The quantitative estimate of drug-likeness (QED) is 0.708. The molecule has 0 heterocycles. The molecule has 0 saturated heterocycles. The summed E-state index contributed by atoms with van der Waals surface area (Å²) in [5, 5.41) is 3.98. The van der Waals surface area contributed by atoms with Gasteiger partial charge in [-0.25, -0.2) is 0 Å². The van der Waals surface area contributed by atoms with Gasteiger partial charge < -0.3 is 10.1 Å². The number of amides is 1. The van der Waals surface area contributed by atoms with E-state index in [9.17, 15) is 4.79 Å². The third-order valence-corrected chi connectivity index (χ3v) is 3.99. The van der Waals surface area contributed by atoms with Crippen LogP contribution in [-0.4, -0.2) is 12.5 Å². The third-order valence-electron chi connectivity index (χ3n) is 3.43. The largest absolute Gasteiger partial charge is 0.494 e. The van der Waals surface area contributed by atoms with Crippen molar-refractivity contribution in [2.24, 2.45) is 0 Å². The number of nitrogens with one attached hydrogen (secondary N) is 1. The molecule has 0 radical (unpaired) electrons. The van der Waals surface area contributed by atoms with Gasteiger partial charge in [0.15, 0.2) is 0 Å². The molecular formula is C19H19Cl2NO2. The smallest absolute Gasteiger partial charge is 0.244 e. The molecule has 2 aromatic carbocycles. The van der Waals surface area contributed by atoms with E-state index in [0.717, 1.165) is 16.9 Å². The molecule has 0 aliphatic carbocycles. The van der Waals surface area contributed by atoms with Crippen LogP contribution in [0, 0.1) is 0 Å². The van der Waals surface area contributed by atoms with Crippen molar-refractivity contribution in [2.45, 2.75) is 19.9 Å². The minimum Gasteiger partial charge on any atom is -0.494 e. The lowest BCUT2D eigenvalue weighted by atomic mass is 10.1. The van der Waals surface area contributed by atoms with Crippen molar-refractivity contribution >= 4 is 35.2 Å². The van der Waals surface area contributed by atoms with Gasteiger partial charge in [0.05, 0.1) is 12.6 Å². The fourth-order valence-electron chi connectivity index (χ4n) is 2.17. The first-order valence-electron chi connectivity index (χ1n) is 7.66. The number of rotatable bonds is 6. The highest BCUT2D eigenvalue weighted by Gasteiger charge is 2.08. The molecule has 24 heavy (non-hydrogen) atoms. The van der Waals surface area contributed by atoms with Crippen LogP contribution < -0.4 is 10.1 Å². The monoisotopic (exact) mass is 363 g/mol. The molecule has 0 fully saturated rings. The third kappa shape index (κ3) is 5.29. The highest BCUT2D eigenvalue weighted by Crippen LogP contribution is 2.22. The van der Waals surface area contributed by atoms with Crippen LogP contribution in [0.25, 0.3) is 6.08 Å². The Kier molecular flexibility index (Phi) is 6.71. The van der Waals surface area contributed by atoms with Crippen LogP contribution in [-0.2, 0) is 4.79 Å². The predicted octanol–water partition coefficient (Wildman–Crippen LogP) is 5.28. The van der Waals surface area contributed by atoms with Gasteiger partial charge in [0.25, 0.3) is 0 Å². The molecule has 0 aliphatic heterocycles. The minimum absolute atomic E-state index is 0.112. The summed E-state index contributed by atoms with van der Waals surface area (Å²) in [6, 6.07) is 12.7. The van der Waals surface area contributed by atoms with Gasteiger partial charge in [-0.15, -0.1) is 0 Å². The fourth-order valence-corrected chi connectivity index (χ4v) is 2.64. The molecule has 0 spiro atoms. The first-order chi connectivity index (χ1) is 11.5. The van der Waals surface area contributed by atoms with E-state index >= 15 is 0 Å². The van der Waals surface area contributed by atoms with Crippen molar-refractivity contribution in [3.8, 4) is 5.75 Å². The number of carbonyl (C=O) groups excluding carboxylic acids is 1. The summed E-state index contributed by atoms with van der Waals surface area (Å²) in [4.78, 5) is 12.1. The Morgan fingerprint density at radius 2 is 1.92 bits per heavy atom. The Balaban J connectivity index is 1.96. The summed E-state index contributed by atoms with van der Waals surface area (Å²) in [5.41, 5.74) is 1.75. The molecule has 2 aromatic rings. The van der Waals surface area contributed by atoms with Crippen molar-refractivity contribution < 1.29 is 9.53 Å². The van der Waals surface area contributed by atoms with Gasteiger partial charge in [0.1, 0.15) is 5.75 Å². The fraction of sp³-hybridized carbons (Fsp3) is 0.211. The van der Waals surface area contributed by atoms with Gasteiger partial charge in [-0.05, 0) is 55.3 Å². The summed E-state index contributed by atoms with van der Waals surface area (Å²) < 4.78 is 5.41. The number of halogens is 2. The number of hydrogen-bond donors (Lipinski definition) is 1. The van der Waals surface area contributed by atoms with Gasteiger partial charge in [0, 0.05) is 16.1 Å². The summed E-state index contributed by atoms with van der Waals surface area (Å²) in [6.07, 6.45) is 3.12. The van der Waals surface area contributed by atoms with E-state index in [-0.39, 0.29) is 11.9 Å². The molecule has 3 nitrogen and oxygen atoms in total. The van der Waals surface area contributed by atoms with Crippen LogP contribution in [0.15, 0.2) is 48.5 Å². The lowest BCUT2D eigenvalue weighted by Crippen LogP contribution is -2.24. The highest BCUT2D eigenvalue weighted by atomic mass is 35.5. The zero-order chi connectivity index (χ0) is 17.5. The molecule has 0 unspecified atom stereocenters. The molecule has 0 aromatic heterocycles. The molecule has 5 heteroatoms. The zero-order valence-corrected chi connectivity index (χ0v) is 15.1. The van der Waals surface area contributed by atoms with Crippen molar-refractivity contribution in [1.82, 2.24) is 5.32 Å². The van der Waals surface area contributed by atoms with Crippen LogP contribution in [0.2, 0.25) is 10.0 Å². The topological polar surface area (TPSA) is 38.3 Å². The predicted molar refractivity (Wildman–Crippen MR) is 99.7 cm³/mol. The zero-order valence-electron chi connectivity index (χ0n) is 13.6. The molecule has 1 N–H and O–H groups in total. The van der Waals surface area contributed by atoms with E-state index in [0.29, 0.717) is 16.7 Å². The summed E-state index contributed by atoms with van der Waals surface area (Å²) in [7, 11) is 0. The number of carbonyl (C=O) groups is 1. The standard InChI is InChI=1S/C19H19Cl2NO2/c1-3-24-17-9-5-14(6-10-17)13(2)22-19(23)11-7-15-4-8-16(20)12-18(15)21/h4-13H,3H2,1-2H3,(H,22,23)/b11-7+/t13-/m0/s1. The van der Waals surface area contributed by atoms with Gasteiger partial charge in [-0.1, -0.05) is 41.4 Å². The van der Waals surface area contributed by atoms with Crippen molar-refractivity contribution in [1.29, 1.82) is 0 Å². The van der Waals surface area contributed by atoms with Gasteiger partial charge >= 0.3 is 0 Å². The SMILES string of the molecule is CCOc1ccc([C@H](C)NC(=O)/C=C/c2ccc(Cl)cc2Cl)cc1. The van der Waals surface area contributed by atoms with Crippen molar-refractivity contribution in [3.63, 3.8) is 0 Å². The molecule has 126 valence electrons. The molecule has 0 saturated carbocycles. The van der Waals surface area contributed by atoms with Crippen LogP contribution >= 0.6 is 23.2 Å². The van der Waals surface area contributed by atoms with Gasteiger partial charge in [-0.2, -0.15) is 0 Å². The normalized spacial score (nSPS) is 12.2. The Hall–Kier alpha value is -1.97. The Morgan fingerprint density at radius 3 is 2.54 bits per heavy atom. The lowest BCUT2D eigenvalue weighted by molar-refractivity contribution is -0.117. The molecule has 0 bridgehead atoms. The van der Waals surface area contributed by atoms with Crippen LogP contribution in [0.1, 0.15) is 31.0 Å². The second-order valence-corrected chi connectivity index (χ2v) is 6.08. The second kappa shape index (κ2) is 8.76. The van der Waals surface area contributed by atoms with Gasteiger partial charge in [-0.3, -0.25) is 4.79 Å². The highest BCUT2D eigenvalue weighted by molar-refractivity contribution is 6.35. The molecular weight excluding hydrogens is 345 g/mol. The maximum atomic E-state index is 12.1. The molecule has 2 rings (SSSR count). The first kappa shape index (κ1) is 18.4. The van der Waals surface area contributed by atoms with E-state index in [1.165, 1.54) is 6.08 Å². The summed E-state index contributed by atoms with van der Waals surface area (Å²) in [6.45, 7) is 4.50. The molecule has 1 atom stereocenters. The van der Waals surface area contributed by atoms with E-state index < -0.39 is 0 Å². The van der Waals surface area contributed by atoms with E-state index in [4.69, 9.17) is 27.9 Å². The van der Waals surface area contributed by atoms with Crippen molar-refractivity contribution in [3.05, 3.63) is 69.7 Å². The second-order valence-electron chi connectivity index (χ2n) is 5.23.